The summed E-state index contributed by atoms with van der Waals surface area (Å²) < 4.78 is 0. The van der Waals surface area contributed by atoms with E-state index in [0.29, 0.717) is 10.9 Å². The molecule has 1 atom stereocenters. The van der Waals surface area contributed by atoms with Crippen LogP contribution >= 0.6 is 11.8 Å². The number of hydroxylamine groups is 1. The van der Waals surface area contributed by atoms with Crippen LogP contribution in [0, 0.1) is 5.41 Å². The average Bonchev–Trinajstić information content (AvgIpc) is 2.62. The first-order valence-corrected chi connectivity index (χ1v) is 8.87. The lowest BCUT2D eigenvalue weighted by Gasteiger charge is -2.22. The lowest BCUT2D eigenvalue weighted by molar-refractivity contribution is 0.294. The largest absolute Gasteiger partial charge is 0.360 e. The molecule has 6 nitrogen and oxygen atoms in total. The first-order valence-electron chi connectivity index (χ1n) is 7.99. The van der Waals surface area contributed by atoms with E-state index in [1.54, 1.807) is 18.3 Å². The number of dihydropyridines is 1. The number of hydrogen-bond donors (Lipinski definition) is 4. The molecule has 1 aliphatic rings. The van der Waals surface area contributed by atoms with Crippen molar-refractivity contribution < 1.29 is 5.21 Å². The fraction of sp³-hybridized carbons (Fsp3) is 0.278. The molecule has 0 aromatic heterocycles. The number of anilines is 1. The standard InChI is InChI=1S/C18H25N5OS/c1-13-7-6-10-21-17(13)12-23(24)16-9-5-8-15(11-16)14(2)25-18(19)22(4)20-3/h5-12,14,19-21,24H,1-4H3/b17-12-,19-18?/t14-/m0/s1. The van der Waals surface area contributed by atoms with E-state index >= 15 is 0 Å². The summed E-state index contributed by atoms with van der Waals surface area (Å²) in [7, 11) is 3.59. The number of amidine groups is 1. The summed E-state index contributed by atoms with van der Waals surface area (Å²) in [5.74, 6) is 0. The van der Waals surface area contributed by atoms with Gasteiger partial charge in [-0.2, -0.15) is 0 Å². The fourth-order valence-electron chi connectivity index (χ4n) is 2.21. The summed E-state index contributed by atoms with van der Waals surface area (Å²) in [6, 6.07) is 7.69. The number of hydrogen-bond acceptors (Lipinski definition) is 6. The zero-order valence-electron chi connectivity index (χ0n) is 14.9. The minimum atomic E-state index is 0.0849. The zero-order chi connectivity index (χ0) is 18.4. The molecule has 134 valence electrons. The van der Waals surface area contributed by atoms with Gasteiger partial charge in [0.05, 0.1) is 17.6 Å². The van der Waals surface area contributed by atoms with Gasteiger partial charge in [-0.3, -0.25) is 15.6 Å². The molecule has 1 aliphatic heterocycles. The highest BCUT2D eigenvalue weighted by atomic mass is 32.2. The first kappa shape index (κ1) is 19.1. The van der Waals surface area contributed by atoms with Crippen molar-refractivity contribution in [2.24, 2.45) is 0 Å². The molecule has 4 N–H and O–H groups in total. The highest BCUT2D eigenvalue weighted by molar-refractivity contribution is 8.13. The molecule has 1 aromatic carbocycles. The first-order chi connectivity index (χ1) is 11.9. The Labute approximate surface area is 153 Å². The van der Waals surface area contributed by atoms with Crippen molar-refractivity contribution in [3.63, 3.8) is 0 Å². The van der Waals surface area contributed by atoms with Crippen LogP contribution in [-0.2, 0) is 0 Å². The van der Waals surface area contributed by atoms with Gasteiger partial charge >= 0.3 is 0 Å². The van der Waals surface area contributed by atoms with Crippen molar-refractivity contribution in [3.8, 4) is 0 Å². The third kappa shape index (κ3) is 5.12. The Bertz CT molecular complexity index is 713. The van der Waals surface area contributed by atoms with Crippen LogP contribution in [0.15, 0.2) is 60.1 Å². The van der Waals surface area contributed by atoms with E-state index in [1.165, 1.54) is 11.8 Å². The predicted molar refractivity (Wildman–Crippen MR) is 105 cm³/mol. The summed E-state index contributed by atoms with van der Waals surface area (Å²) in [5.41, 5.74) is 6.52. The number of thioether (sulfide) groups is 1. The van der Waals surface area contributed by atoms with Crippen molar-refractivity contribution in [2.75, 3.05) is 19.2 Å². The maximum Gasteiger partial charge on any atom is 0.171 e. The molecule has 0 fully saturated rings. The van der Waals surface area contributed by atoms with Gasteiger partial charge in [0.15, 0.2) is 5.17 Å². The third-order valence-corrected chi connectivity index (χ3v) is 5.01. The number of hydrazine groups is 1. The molecule has 25 heavy (non-hydrogen) atoms. The normalized spacial score (nSPS) is 16.2. The summed E-state index contributed by atoms with van der Waals surface area (Å²) in [5, 5.41) is 24.9. The van der Waals surface area contributed by atoms with Gasteiger partial charge in [-0.1, -0.05) is 30.0 Å². The molecule has 2 rings (SSSR count). The Hall–Kier alpha value is -2.22. The highest BCUT2D eigenvalue weighted by Gasteiger charge is 2.14. The van der Waals surface area contributed by atoms with Crippen LogP contribution in [0.2, 0.25) is 0 Å². The van der Waals surface area contributed by atoms with Gasteiger partial charge in [0.2, 0.25) is 0 Å². The van der Waals surface area contributed by atoms with E-state index in [-0.39, 0.29) is 5.25 Å². The van der Waals surface area contributed by atoms with Crippen LogP contribution in [0.1, 0.15) is 24.7 Å². The summed E-state index contributed by atoms with van der Waals surface area (Å²) in [6.07, 6.45) is 7.38. The van der Waals surface area contributed by atoms with Crippen LogP contribution in [0.25, 0.3) is 0 Å². The Morgan fingerprint density at radius 1 is 1.44 bits per heavy atom. The van der Waals surface area contributed by atoms with Crippen LogP contribution in [-0.4, -0.2) is 29.5 Å². The smallest absolute Gasteiger partial charge is 0.171 e. The molecule has 0 spiro atoms. The summed E-state index contributed by atoms with van der Waals surface area (Å²) >= 11 is 1.44. The van der Waals surface area contributed by atoms with Crippen molar-refractivity contribution in [1.29, 1.82) is 5.41 Å². The van der Waals surface area contributed by atoms with Crippen LogP contribution in [0.3, 0.4) is 0 Å². The predicted octanol–water partition coefficient (Wildman–Crippen LogP) is 3.58. The molecule has 7 heteroatoms. The van der Waals surface area contributed by atoms with E-state index in [1.807, 2.05) is 63.5 Å². The fourth-order valence-corrected chi connectivity index (χ4v) is 3.07. The summed E-state index contributed by atoms with van der Waals surface area (Å²) in [6.45, 7) is 4.03. The highest BCUT2D eigenvalue weighted by Crippen LogP contribution is 2.31. The molecule has 1 heterocycles. The third-order valence-electron chi connectivity index (χ3n) is 3.89. The van der Waals surface area contributed by atoms with Crippen LogP contribution in [0.4, 0.5) is 5.69 Å². The van der Waals surface area contributed by atoms with Gasteiger partial charge in [-0.15, -0.1) is 0 Å². The Kier molecular flexibility index (Phi) is 6.69. The lowest BCUT2D eigenvalue weighted by atomic mass is 10.1. The van der Waals surface area contributed by atoms with Crippen molar-refractivity contribution in [3.05, 3.63) is 65.7 Å². The molecule has 1 aromatic rings. The molecule has 0 radical (unpaired) electrons. The Balaban J connectivity index is 2.12. The Morgan fingerprint density at radius 3 is 2.88 bits per heavy atom. The van der Waals surface area contributed by atoms with Crippen LogP contribution in [0.5, 0.6) is 0 Å². The Morgan fingerprint density at radius 2 is 2.20 bits per heavy atom. The van der Waals surface area contributed by atoms with Gasteiger partial charge in [0.1, 0.15) is 0 Å². The second-order valence-corrected chi connectivity index (χ2v) is 7.01. The van der Waals surface area contributed by atoms with Gasteiger partial charge in [0, 0.05) is 25.5 Å². The van der Waals surface area contributed by atoms with Crippen molar-refractivity contribution >= 4 is 22.6 Å². The number of nitrogens with one attached hydrogen (secondary N) is 3. The SMILES string of the molecule is CNN(C)C(=N)S[C@@H](C)c1cccc(N(O)/C=C2\NC=CC=C2C)c1. The molecule has 0 bridgehead atoms. The van der Waals surface area contributed by atoms with Crippen LogP contribution < -0.4 is 15.8 Å². The second kappa shape index (κ2) is 8.75. The molecule has 0 saturated heterocycles. The zero-order valence-corrected chi connectivity index (χ0v) is 15.8. The molecule has 0 amide bonds. The monoisotopic (exact) mass is 359 g/mol. The van der Waals surface area contributed by atoms with Gasteiger partial charge in [-0.05, 0) is 43.2 Å². The number of rotatable bonds is 5. The maximum atomic E-state index is 10.4. The molecular formula is C18H25N5OS. The lowest BCUT2D eigenvalue weighted by Crippen LogP contribution is -2.34. The topological polar surface area (TPSA) is 74.6 Å². The van der Waals surface area contributed by atoms with E-state index in [9.17, 15) is 5.21 Å². The van der Waals surface area contributed by atoms with E-state index in [4.69, 9.17) is 5.41 Å². The van der Waals surface area contributed by atoms with E-state index in [0.717, 1.165) is 21.9 Å². The molecule has 0 saturated carbocycles. The second-order valence-electron chi connectivity index (χ2n) is 5.68. The molecule has 0 unspecified atom stereocenters. The molecular weight excluding hydrogens is 334 g/mol. The minimum Gasteiger partial charge on any atom is -0.360 e. The number of benzene rings is 1. The van der Waals surface area contributed by atoms with Gasteiger partial charge < -0.3 is 5.32 Å². The quantitative estimate of drug-likeness (QED) is 0.366. The number of allylic oxidation sites excluding steroid dienone is 3. The summed E-state index contributed by atoms with van der Waals surface area (Å²) in [4.78, 5) is 0. The van der Waals surface area contributed by atoms with E-state index < -0.39 is 0 Å². The van der Waals surface area contributed by atoms with Gasteiger partial charge in [-0.25, -0.2) is 10.5 Å². The van der Waals surface area contributed by atoms with Crippen molar-refractivity contribution in [2.45, 2.75) is 19.1 Å². The average molecular weight is 359 g/mol. The van der Waals surface area contributed by atoms with Gasteiger partial charge in [0.25, 0.3) is 0 Å². The maximum absolute atomic E-state index is 10.4. The molecule has 0 aliphatic carbocycles. The van der Waals surface area contributed by atoms with E-state index in [2.05, 4.69) is 10.7 Å². The van der Waals surface area contributed by atoms with Crippen molar-refractivity contribution in [1.82, 2.24) is 15.8 Å². The minimum absolute atomic E-state index is 0.0849. The number of nitrogens with zero attached hydrogens (tertiary/aromatic N) is 2.